The van der Waals surface area contributed by atoms with Crippen LogP contribution in [0, 0.1) is 6.92 Å². The fourth-order valence-electron chi connectivity index (χ4n) is 1.76. The summed E-state index contributed by atoms with van der Waals surface area (Å²) in [6, 6.07) is 4.54. The van der Waals surface area contributed by atoms with Crippen LogP contribution in [-0.2, 0) is 0 Å². The van der Waals surface area contributed by atoms with Crippen LogP contribution in [0.2, 0.25) is 5.02 Å². The fourth-order valence-corrected chi connectivity index (χ4v) is 1.93. The fraction of sp³-hybridized carbons (Fsp3) is 0.167. The third-order valence-corrected chi connectivity index (χ3v) is 2.97. The Morgan fingerprint density at radius 2 is 2.21 bits per heavy atom. The van der Waals surface area contributed by atoms with Crippen LogP contribution in [0.1, 0.15) is 16.1 Å². The Labute approximate surface area is 114 Å². The number of rotatable bonds is 3. The second-order valence-electron chi connectivity index (χ2n) is 3.89. The van der Waals surface area contributed by atoms with Crippen molar-refractivity contribution in [3.8, 4) is 17.3 Å². The number of hydrogen-bond acceptors (Lipinski definition) is 4. The lowest BCUT2D eigenvalue weighted by Crippen LogP contribution is -2.13. The van der Waals surface area contributed by atoms with Gasteiger partial charge in [-0.05, 0) is 25.1 Å². The highest BCUT2D eigenvalue weighted by Crippen LogP contribution is 2.29. The van der Waals surface area contributed by atoms with Gasteiger partial charge in [0.1, 0.15) is 5.75 Å². The Morgan fingerprint density at radius 3 is 2.74 bits per heavy atom. The molecule has 0 atom stereocenters. The second kappa shape index (κ2) is 4.81. The maximum atomic E-state index is 11.3. The Bertz CT molecular complexity index is 652. The summed E-state index contributed by atoms with van der Waals surface area (Å²) in [7, 11) is 1.47. The van der Waals surface area contributed by atoms with Crippen molar-refractivity contribution in [1.82, 2.24) is 9.78 Å². The van der Waals surface area contributed by atoms with Crippen LogP contribution in [0.3, 0.4) is 0 Å². The van der Waals surface area contributed by atoms with Crippen molar-refractivity contribution in [1.29, 1.82) is 0 Å². The highest BCUT2D eigenvalue weighted by atomic mass is 35.5. The van der Waals surface area contributed by atoms with Gasteiger partial charge in [0.15, 0.2) is 5.69 Å². The summed E-state index contributed by atoms with van der Waals surface area (Å²) in [5.74, 6) is -0.293. The molecule has 1 aromatic carbocycles. The molecular weight excluding hydrogens is 270 g/mol. The summed E-state index contributed by atoms with van der Waals surface area (Å²) in [5, 5.41) is 13.7. The van der Waals surface area contributed by atoms with E-state index in [1.54, 1.807) is 13.0 Å². The van der Waals surface area contributed by atoms with E-state index in [9.17, 15) is 9.90 Å². The van der Waals surface area contributed by atoms with Gasteiger partial charge in [0.2, 0.25) is 5.88 Å². The van der Waals surface area contributed by atoms with E-state index in [1.807, 2.05) is 0 Å². The Balaban J connectivity index is 2.64. The summed E-state index contributed by atoms with van der Waals surface area (Å²) in [4.78, 5) is 11.3. The zero-order valence-electron chi connectivity index (χ0n) is 10.3. The number of primary amides is 1. The summed E-state index contributed by atoms with van der Waals surface area (Å²) >= 11 is 5.84. The lowest BCUT2D eigenvalue weighted by atomic mass is 10.2. The number of phenols is 1. The molecule has 100 valence electrons. The molecule has 0 saturated carbocycles. The van der Waals surface area contributed by atoms with E-state index in [-0.39, 0.29) is 16.5 Å². The number of methoxy groups -OCH3 is 1. The van der Waals surface area contributed by atoms with Crippen molar-refractivity contribution in [2.24, 2.45) is 5.73 Å². The minimum absolute atomic E-state index is 0.0385. The van der Waals surface area contributed by atoms with Crippen molar-refractivity contribution < 1.29 is 14.6 Å². The third kappa shape index (κ3) is 2.22. The standard InChI is InChI=1S/C12H12ClN3O3/c1-6-10(11(14)18)15-16(12(6)19-2)7-3-4-9(17)8(13)5-7/h3-5,17H,1-2H3,(H2,14,18). The summed E-state index contributed by atoms with van der Waals surface area (Å²) in [6.07, 6.45) is 0. The van der Waals surface area contributed by atoms with Crippen LogP contribution in [0.25, 0.3) is 5.69 Å². The number of nitrogens with zero attached hydrogens (tertiary/aromatic N) is 2. The molecule has 3 N–H and O–H groups in total. The monoisotopic (exact) mass is 281 g/mol. The number of aromatic nitrogens is 2. The van der Waals surface area contributed by atoms with E-state index < -0.39 is 5.91 Å². The number of aromatic hydroxyl groups is 1. The van der Waals surface area contributed by atoms with Gasteiger partial charge in [-0.2, -0.15) is 5.10 Å². The van der Waals surface area contributed by atoms with E-state index in [4.69, 9.17) is 22.1 Å². The Morgan fingerprint density at radius 1 is 1.53 bits per heavy atom. The lowest BCUT2D eigenvalue weighted by Gasteiger charge is -2.07. The van der Waals surface area contributed by atoms with Gasteiger partial charge < -0.3 is 15.6 Å². The van der Waals surface area contributed by atoms with Gasteiger partial charge in [0.05, 0.1) is 17.8 Å². The lowest BCUT2D eigenvalue weighted by molar-refractivity contribution is 0.0994. The summed E-state index contributed by atoms with van der Waals surface area (Å²) < 4.78 is 6.62. The molecule has 0 saturated heterocycles. The number of ether oxygens (including phenoxy) is 1. The average molecular weight is 282 g/mol. The summed E-state index contributed by atoms with van der Waals surface area (Å²) in [5.41, 5.74) is 6.47. The topological polar surface area (TPSA) is 90.4 Å². The molecule has 2 rings (SSSR count). The van der Waals surface area contributed by atoms with Crippen LogP contribution in [-0.4, -0.2) is 27.9 Å². The molecule has 1 amide bonds. The molecule has 0 spiro atoms. The average Bonchev–Trinajstić information content (AvgIpc) is 2.70. The first-order valence-electron chi connectivity index (χ1n) is 5.38. The van der Waals surface area contributed by atoms with Crippen molar-refractivity contribution in [2.75, 3.05) is 7.11 Å². The van der Waals surface area contributed by atoms with Gasteiger partial charge in [0, 0.05) is 5.56 Å². The molecule has 19 heavy (non-hydrogen) atoms. The predicted molar refractivity (Wildman–Crippen MR) is 70.0 cm³/mol. The highest BCUT2D eigenvalue weighted by molar-refractivity contribution is 6.32. The van der Waals surface area contributed by atoms with Crippen LogP contribution in [0.5, 0.6) is 11.6 Å². The molecule has 0 aliphatic rings. The third-order valence-electron chi connectivity index (χ3n) is 2.67. The van der Waals surface area contributed by atoms with Gasteiger partial charge in [0.25, 0.3) is 5.91 Å². The molecule has 1 heterocycles. The molecule has 0 aliphatic carbocycles. The quantitative estimate of drug-likeness (QED) is 0.895. The van der Waals surface area contributed by atoms with Crippen LogP contribution >= 0.6 is 11.6 Å². The zero-order chi connectivity index (χ0) is 14.2. The SMILES string of the molecule is COc1c(C)c(C(N)=O)nn1-c1ccc(O)c(Cl)c1. The number of hydrogen-bond donors (Lipinski definition) is 2. The molecule has 0 aliphatic heterocycles. The number of halogens is 1. The van der Waals surface area contributed by atoms with Gasteiger partial charge in [-0.3, -0.25) is 4.79 Å². The van der Waals surface area contributed by atoms with Gasteiger partial charge in [-0.1, -0.05) is 11.6 Å². The van der Waals surface area contributed by atoms with Crippen molar-refractivity contribution in [3.05, 3.63) is 34.5 Å². The maximum absolute atomic E-state index is 11.3. The van der Waals surface area contributed by atoms with E-state index in [0.29, 0.717) is 17.1 Å². The Hall–Kier alpha value is -2.21. The summed E-state index contributed by atoms with van der Waals surface area (Å²) in [6.45, 7) is 1.68. The van der Waals surface area contributed by atoms with Crippen molar-refractivity contribution in [2.45, 2.75) is 6.92 Å². The minimum atomic E-state index is -0.639. The van der Waals surface area contributed by atoms with Gasteiger partial charge in [-0.25, -0.2) is 4.68 Å². The number of carbonyl (C=O) groups is 1. The minimum Gasteiger partial charge on any atom is -0.506 e. The number of nitrogens with two attached hydrogens (primary N) is 1. The van der Waals surface area contributed by atoms with E-state index in [1.165, 1.54) is 23.9 Å². The number of phenolic OH excluding ortho intramolecular Hbond substituents is 1. The number of carbonyl (C=O) groups excluding carboxylic acids is 1. The highest BCUT2D eigenvalue weighted by Gasteiger charge is 2.20. The largest absolute Gasteiger partial charge is 0.506 e. The molecular formula is C12H12ClN3O3. The van der Waals surface area contributed by atoms with E-state index >= 15 is 0 Å². The Kier molecular flexibility index (Phi) is 3.35. The number of amides is 1. The molecule has 0 bridgehead atoms. The smallest absolute Gasteiger partial charge is 0.269 e. The molecule has 2 aromatic rings. The molecule has 1 aromatic heterocycles. The number of benzene rings is 1. The maximum Gasteiger partial charge on any atom is 0.269 e. The molecule has 0 radical (unpaired) electrons. The first-order valence-corrected chi connectivity index (χ1v) is 5.75. The molecule has 7 heteroatoms. The van der Waals surface area contributed by atoms with Gasteiger partial charge in [-0.15, -0.1) is 0 Å². The van der Waals surface area contributed by atoms with E-state index in [2.05, 4.69) is 5.10 Å². The molecule has 0 fully saturated rings. The first kappa shape index (κ1) is 13.2. The van der Waals surface area contributed by atoms with Crippen LogP contribution < -0.4 is 10.5 Å². The van der Waals surface area contributed by atoms with Crippen LogP contribution in [0.4, 0.5) is 0 Å². The van der Waals surface area contributed by atoms with E-state index in [0.717, 1.165) is 0 Å². The van der Waals surface area contributed by atoms with Gasteiger partial charge >= 0.3 is 0 Å². The molecule has 6 nitrogen and oxygen atoms in total. The zero-order valence-corrected chi connectivity index (χ0v) is 11.1. The van der Waals surface area contributed by atoms with Crippen LogP contribution in [0.15, 0.2) is 18.2 Å². The first-order chi connectivity index (χ1) is 8.95. The van der Waals surface area contributed by atoms with Crippen molar-refractivity contribution >= 4 is 17.5 Å². The molecule has 0 unspecified atom stereocenters. The predicted octanol–water partition coefficient (Wildman–Crippen LogP) is 1.65. The van der Waals surface area contributed by atoms with Crippen molar-refractivity contribution in [3.63, 3.8) is 0 Å². The second-order valence-corrected chi connectivity index (χ2v) is 4.30. The normalized spacial score (nSPS) is 10.5.